The van der Waals surface area contributed by atoms with Crippen LogP contribution in [0.3, 0.4) is 0 Å². The van der Waals surface area contributed by atoms with Crippen molar-refractivity contribution in [3.63, 3.8) is 0 Å². The summed E-state index contributed by atoms with van der Waals surface area (Å²) in [6.07, 6.45) is 0. The van der Waals surface area contributed by atoms with Crippen molar-refractivity contribution in [3.8, 4) is 11.5 Å². The van der Waals surface area contributed by atoms with Gasteiger partial charge in [-0.1, -0.05) is 0 Å². The molecule has 2 N–H and O–H groups in total. The maximum absolute atomic E-state index is 12.4. The minimum absolute atomic E-state index is 0. The van der Waals surface area contributed by atoms with Gasteiger partial charge < -0.3 is 20.1 Å². The first-order chi connectivity index (χ1) is 8.63. The number of nitrogens with one attached hydrogen (secondary N) is 1. The third-order valence-electron chi connectivity index (χ3n) is 3.20. The first-order valence-electron chi connectivity index (χ1n) is 6.02. The van der Waals surface area contributed by atoms with Gasteiger partial charge in [-0.25, -0.2) is 0 Å². The lowest BCUT2D eigenvalue weighted by molar-refractivity contribution is 0.0652. The molecule has 6 heteroatoms. The number of piperazine rings is 1. The van der Waals surface area contributed by atoms with E-state index < -0.39 is 0 Å². The zero-order valence-corrected chi connectivity index (χ0v) is 11.9. The average molecular weight is 287 g/mol. The van der Waals surface area contributed by atoms with Crippen LogP contribution in [0.25, 0.3) is 0 Å². The molecule has 0 bridgehead atoms. The van der Waals surface area contributed by atoms with Crippen LogP contribution in [0.2, 0.25) is 0 Å². The highest BCUT2D eigenvalue weighted by Gasteiger charge is 2.26. The Labute approximate surface area is 119 Å². The van der Waals surface area contributed by atoms with E-state index in [9.17, 15) is 9.90 Å². The van der Waals surface area contributed by atoms with Crippen molar-refractivity contribution in [2.75, 3.05) is 26.7 Å². The molecule has 0 unspecified atom stereocenters. The van der Waals surface area contributed by atoms with E-state index in [1.54, 1.807) is 17.0 Å². The highest BCUT2D eigenvalue weighted by atomic mass is 35.5. The van der Waals surface area contributed by atoms with Crippen LogP contribution in [-0.2, 0) is 0 Å². The quantitative estimate of drug-likeness (QED) is 0.859. The van der Waals surface area contributed by atoms with Crippen molar-refractivity contribution in [3.05, 3.63) is 23.8 Å². The largest absolute Gasteiger partial charge is 0.507 e. The number of amides is 1. The van der Waals surface area contributed by atoms with Gasteiger partial charge in [-0.05, 0) is 25.1 Å². The van der Waals surface area contributed by atoms with Crippen molar-refractivity contribution in [1.82, 2.24) is 10.2 Å². The molecule has 1 aliphatic rings. The van der Waals surface area contributed by atoms with Gasteiger partial charge in [0.1, 0.15) is 11.5 Å². The Morgan fingerprint density at radius 1 is 1.53 bits per heavy atom. The summed E-state index contributed by atoms with van der Waals surface area (Å²) in [6, 6.07) is 4.82. The maximum atomic E-state index is 12.4. The molecule has 1 atom stereocenters. The normalized spacial score (nSPS) is 18.6. The zero-order valence-electron chi connectivity index (χ0n) is 11.0. The Morgan fingerprint density at radius 2 is 2.26 bits per heavy atom. The molecule has 2 rings (SSSR count). The van der Waals surface area contributed by atoms with Gasteiger partial charge in [-0.3, -0.25) is 4.79 Å². The molecule has 1 fully saturated rings. The highest BCUT2D eigenvalue weighted by molar-refractivity contribution is 5.97. The van der Waals surface area contributed by atoms with Gasteiger partial charge in [-0.15, -0.1) is 12.4 Å². The lowest BCUT2D eigenvalue weighted by atomic mass is 10.1. The number of ether oxygens (including phenoxy) is 1. The summed E-state index contributed by atoms with van der Waals surface area (Å²) in [5.74, 6) is 0.408. The number of aromatic hydroxyl groups is 1. The number of methoxy groups -OCH3 is 1. The maximum Gasteiger partial charge on any atom is 0.258 e. The SMILES string of the molecule is COc1ccc(O)c(C(=O)N2CCNC[C@@H]2C)c1.Cl. The number of benzene rings is 1. The molecule has 1 aromatic rings. The first kappa shape index (κ1) is 15.6. The van der Waals surface area contributed by atoms with Crippen LogP contribution in [0.4, 0.5) is 0 Å². The summed E-state index contributed by atoms with van der Waals surface area (Å²) in [5.41, 5.74) is 0.295. The van der Waals surface area contributed by atoms with Crippen LogP contribution in [0.15, 0.2) is 18.2 Å². The molecule has 5 nitrogen and oxygen atoms in total. The van der Waals surface area contributed by atoms with Gasteiger partial charge >= 0.3 is 0 Å². The average Bonchev–Trinajstić information content (AvgIpc) is 2.39. The Bertz CT molecular complexity index is 454. The van der Waals surface area contributed by atoms with Gasteiger partial charge in [0.2, 0.25) is 0 Å². The Balaban J connectivity index is 0.00000180. The second-order valence-corrected chi connectivity index (χ2v) is 4.43. The van der Waals surface area contributed by atoms with E-state index in [2.05, 4.69) is 5.32 Å². The van der Waals surface area contributed by atoms with Gasteiger partial charge in [0.15, 0.2) is 0 Å². The van der Waals surface area contributed by atoms with E-state index >= 15 is 0 Å². The van der Waals surface area contributed by atoms with E-state index in [0.717, 1.165) is 13.1 Å². The zero-order chi connectivity index (χ0) is 13.1. The molecule has 1 aliphatic heterocycles. The van der Waals surface area contributed by atoms with E-state index in [1.165, 1.54) is 13.2 Å². The lowest BCUT2D eigenvalue weighted by Gasteiger charge is -2.34. The van der Waals surface area contributed by atoms with Gasteiger partial charge in [0.25, 0.3) is 5.91 Å². The van der Waals surface area contributed by atoms with Gasteiger partial charge in [0.05, 0.1) is 12.7 Å². The molecule has 1 aromatic carbocycles. The molecule has 1 amide bonds. The summed E-state index contributed by atoms with van der Waals surface area (Å²) in [5, 5.41) is 13.0. The number of hydrogen-bond acceptors (Lipinski definition) is 4. The van der Waals surface area contributed by atoms with E-state index in [0.29, 0.717) is 17.9 Å². The van der Waals surface area contributed by atoms with Crippen LogP contribution in [0.5, 0.6) is 11.5 Å². The second kappa shape index (κ2) is 6.63. The Kier molecular flexibility index (Phi) is 5.44. The number of carbonyl (C=O) groups excluding carboxylic acids is 1. The molecule has 1 heterocycles. The van der Waals surface area contributed by atoms with Crippen LogP contribution < -0.4 is 10.1 Å². The van der Waals surface area contributed by atoms with Crippen LogP contribution >= 0.6 is 12.4 Å². The summed E-state index contributed by atoms with van der Waals surface area (Å²) in [6.45, 7) is 4.19. The fraction of sp³-hybridized carbons (Fsp3) is 0.462. The number of hydrogen-bond donors (Lipinski definition) is 2. The van der Waals surface area contributed by atoms with Crippen molar-refractivity contribution in [2.24, 2.45) is 0 Å². The minimum atomic E-state index is -0.152. The monoisotopic (exact) mass is 286 g/mol. The fourth-order valence-electron chi connectivity index (χ4n) is 2.11. The topological polar surface area (TPSA) is 61.8 Å². The van der Waals surface area contributed by atoms with Crippen LogP contribution in [0, 0.1) is 0 Å². The number of carbonyl (C=O) groups is 1. The molecule has 1 saturated heterocycles. The van der Waals surface area contributed by atoms with Crippen LogP contribution in [0.1, 0.15) is 17.3 Å². The smallest absolute Gasteiger partial charge is 0.258 e. The summed E-state index contributed by atoms with van der Waals surface area (Å²) < 4.78 is 5.08. The van der Waals surface area contributed by atoms with E-state index in [1.807, 2.05) is 6.92 Å². The van der Waals surface area contributed by atoms with E-state index in [4.69, 9.17) is 4.74 Å². The molecule has 0 aliphatic carbocycles. The number of phenolic OH excluding ortho intramolecular Hbond substituents is 1. The van der Waals surface area contributed by atoms with Crippen molar-refractivity contribution in [1.29, 1.82) is 0 Å². The third kappa shape index (κ3) is 3.30. The predicted octanol–water partition coefficient (Wildman–Crippen LogP) is 1.26. The Morgan fingerprint density at radius 3 is 2.89 bits per heavy atom. The standard InChI is InChI=1S/C13H18N2O3.ClH/c1-9-8-14-5-6-15(9)13(17)11-7-10(18-2)3-4-12(11)16;/h3-4,7,9,14,16H,5-6,8H2,1-2H3;1H/t9-;/m0./s1. The van der Waals surface area contributed by atoms with Gasteiger partial charge in [-0.2, -0.15) is 0 Å². The van der Waals surface area contributed by atoms with Crippen molar-refractivity contribution >= 4 is 18.3 Å². The minimum Gasteiger partial charge on any atom is -0.507 e. The van der Waals surface area contributed by atoms with Crippen LogP contribution in [-0.4, -0.2) is 48.7 Å². The number of phenols is 1. The molecule has 0 saturated carbocycles. The number of halogens is 1. The summed E-state index contributed by atoms with van der Waals surface area (Å²) in [4.78, 5) is 14.2. The van der Waals surface area contributed by atoms with Crippen molar-refractivity contribution < 1.29 is 14.6 Å². The fourth-order valence-corrected chi connectivity index (χ4v) is 2.11. The lowest BCUT2D eigenvalue weighted by Crippen LogP contribution is -2.52. The predicted molar refractivity (Wildman–Crippen MR) is 75.3 cm³/mol. The second-order valence-electron chi connectivity index (χ2n) is 4.43. The van der Waals surface area contributed by atoms with Gasteiger partial charge in [0, 0.05) is 25.7 Å². The summed E-state index contributed by atoms with van der Waals surface area (Å²) >= 11 is 0. The Hall–Kier alpha value is -1.46. The number of rotatable bonds is 2. The molecule has 0 aromatic heterocycles. The molecular weight excluding hydrogens is 268 g/mol. The van der Waals surface area contributed by atoms with E-state index in [-0.39, 0.29) is 30.1 Å². The highest BCUT2D eigenvalue weighted by Crippen LogP contribution is 2.25. The summed E-state index contributed by atoms with van der Waals surface area (Å²) in [7, 11) is 1.54. The number of nitrogens with zero attached hydrogens (tertiary/aromatic N) is 1. The molecule has 0 radical (unpaired) electrons. The van der Waals surface area contributed by atoms with Crippen molar-refractivity contribution in [2.45, 2.75) is 13.0 Å². The molecule has 19 heavy (non-hydrogen) atoms. The molecule has 106 valence electrons. The molecule has 0 spiro atoms. The molecular formula is C13H19ClN2O3. The first-order valence-corrected chi connectivity index (χ1v) is 6.02. The third-order valence-corrected chi connectivity index (χ3v) is 3.20.